The molecule has 0 aliphatic heterocycles. The Morgan fingerprint density at radius 1 is 1.17 bits per heavy atom. The molecule has 4 aromatic heterocycles. The van der Waals surface area contributed by atoms with Crippen molar-refractivity contribution in [2.75, 3.05) is 24.8 Å². The molecule has 1 saturated carbocycles. The number of hydrogen-bond donors (Lipinski definition) is 2. The number of amides is 1. The molecule has 1 fully saturated rings. The van der Waals surface area contributed by atoms with E-state index in [-0.39, 0.29) is 11.8 Å². The first-order valence-corrected chi connectivity index (χ1v) is 9.47. The van der Waals surface area contributed by atoms with Gasteiger partial charge < -0.3 is 15.4 Å². The third-order valence-corrected chi connectivity index (χ3v) is 5.15. The number of aromatic nitrogens is 4. The lowest BCUT2D eigenvalue weighted by Crippen LogP contribution is -2.14. The van der Waals surface area contributed by atoms with Crippen molar-refractivity contribution in [1.82, 2.24) is 19.6 Å². The third kappa shape index (κ3) is 3.12. The third-order valence-electron chi connectivity index (χ3n) is 5.15. The smallest absolute Gasteiger partial charge is 0.228 e. The fourth-order valence-electron chi connectivity index (χ4n) is 3.40. The highest BCUT2D eigenvalue weighted by Crippen LogP contribution is 2.34. The molecule has 1 aliphatic carbocycles. The highest BCUT2D eigenvalue weighted by molar-refractivity contribution is 6.03. The molecule has 1 aliphatic rings. The first-order chi connectivity index (χ1) is 14.2. The summed E-state index contributed by atoms with van der Waals surface area (Å²) in [6.07, 6.45) is 7.25. The highest BCUT2D eigenvalue weighted by atomic mass is 16.5. The molecule has 0 spiro atoms. The Labute approximate surface area is 166 Å². The number of rotatable bonds is 5. The van der Waals surface area contributed by atoms with Crippen LogP contribution in [-0.4, -0.2) is 39.6 Å². The van der Waals surface area contributed by atoms with Crippen LogP contribution in [0.1, 0.15) is 12.8 Å². The Bertz CT molecular complexity index is 1240. The minimum atomic E-state index is 0.0288. The number of hydrogen-bond acceptors (Lipinski definition) is 6. The SMILES string of the molecule is CNc1ncc(-c2cc3ccc(OC)cn3n2)c2cc(NC(=O)C3CC3)ncc12. The van der Waals surface area contributed by atoms with Gasteiger partial charge in [-0.2, -0.15) is 5.10 Å². The molecule has 2 N–H and O–H groups in total. The predicted molar refractivity (Wildman–Crippen MR) is 111 cm³/mol. The molecule has 4 heterocycles. The van der Waals surface area contributed by atoms with Gasteiger partial charge in [-0.15, -0.1) is 0 Å². The van der Waals surface area contributed by atoms with Crippen LogP contribution in [-0.2, 0) is 4.79 Å². The molecule has 8 heteroatoms. The Hall–Kier alpha value is -3.68. The standard InChI is InChI=1S/C21H20N6O2/c1-22-20-17-10-23-19(25-21(28)12-3-4-12)8-15(17)16(9-24-20)18-7-13-5-6-14(29-2)11-27(13)26-18/h5-12H,3-4H2,1-2H3,(H,22,24)(H,23,25,28). The molecular formula is C21H20N6O2. The molecule has 8 nitrogen and oxygen atoms in total. The lowest BCUT2D eigenvalue weighted by Gasteiger charge is -2.10. The summed E-state index contributed by atoms with van der Waals surface area (Å²) in [6, 6.07) is 7.74. The van der Waals surface area contributed by atoms with Crippen LogP contribution in [0.5, 0.6) is 5.75 Å². The fraction of sp³-hybridized carbons (Fsp3) is 0.238. The molecule has 0 unspecified atom stereocenters. The number of anilines is 2. The molecule has 0 atom stereocenters. The van der Waals surface area contributed by atoms with Crippen molar-refractivity contribution in [3.8, 4) is 17.0 Å². The molecule has 4 aromatic rings. The van der Waals surface area contributed by atoms with E-state index in [1.165, 1.54) is 0 Å². The summed E-state index contributed by atoms with van der Waals surface area (Å²) in [4.78, 5) is 21.1. The molecule has 0 saturated heterocycles. The van der Waals surface area contributed by atoms with Gasteiger partial charge in [0, 0.05) is 41.7 Å². The first-order valence-electron chi connectivity index (χ1n) is 9.47. The van der Waals surface area contributed by atoms with Crippen molar-refractivity contribution < 1.29 is 9.53 Å². The Balaban J connectivity index is 1.64. The van der Waals surface area contributed by atoms with Gasteiger partial charge in [0.15, 0.2) is 0 Å². The van der Waals surface area contributed by atoms with Crippen LogP contribution in [0, 0.1) is 5.92 Å². The largest absolute Gasteiger partial charge is 0.495 e. The zero-order valence-electron chi connectivity index (χ0n) is 16.1. The van der Waals surface area contributed by atoms with E-state index in [0.29, 0.717) is 5.82 Å². The quantitative estimate of drug-likeness (QED) is 0.545. The van der Waals surface area contributed by atoms with E-state index in [1.54, 1.807) is 24.0 Å². The van der Waals surface area contributed by atoms with Gasteiger partial charge in [0.25, 0.3) is 0 Å². The Kier molecular flexibility index (Phi) is 4.04. The van der Waals surface area contributed by atoms with Crippen LogP contribution >= 0.6 is 0 Å². The fourth-order valence-corrected chi connectivity index (χ4v) is 3.40. The minimum absolute atomic E-state index is 0.0288. The molecule has 0 aromatic carbocycles. The molecule has 1 amide bonds. The highest BCUT2D eigenvalue weighted by Gasteiger charge is 2.29. The van der Waals surface area contributed by atoms with Crippen molar-refractivity contribution in [1.29, 1.82) is 0 Å². The lowest BCUT2D eigenvalue weighted by atomic mass is 10.1. The second-order valence-electron chi connectivity index (χ2n) is 7.12. The Morgan fingerprint density at radius 2 is 2.03 bits per heavy atom. The molecule has 0 radical (unpaired) electrons. The monoisotopic (exact) mass is 388 g/mol. The zero-order chi connectivity index (χ0) is 20.0. The van der Waals surface area contributed by atoms with Gasteiger partial charge >= 0.3 is 0 Å². The summed E-state index contributed by atoms with van der Waals surface area (Å²) >= 11 is 0. The summed E-state index contributed by atoms with van der Waals surface area (Å²) in [7, 11) is 3.45. The van der Waals surface area contributed by atoms with E-state index in [4.69, 9.17) is 9.84 Å². The average molecular weight is 388 g/mol. The van der Waals surface area contributed by atoms with Crippen LogP contribution in [0.15, 0.2) is 42.9 Å². The van der Waals surface area contributed by atoms with Crippen LogP contribution in [0.2, 0.25) is 0 Å². The van der Waals surface area contributed by atoms with Gasteiger partial charge in [0.1, 0.15) is 17.4 Å². The number of fused-ring (bicyclic) bond motifs is 2. The van der Waals surface area contributed by atoms with Crippen molar-refractivity contribution in [2.24, 2.45) is 5.92 Å². The summed E-state index contributed by atoms with van der Waals surface area (Å²) < 4.78 is 7.07. The van der Waals surface area contributed by atoms with E-state index in [9.17, 15) is 4.79 Å². The van der Waals surface area contributed by atoms with Gasteiger partial charge in [-0.3, -0.25) is 4.79 Å². The number of ether oxygens (including phenoxy) is 1. The number of nitrogens with zero attached hydrogens (tertiary/aromatic N) is 4. The van der Waals surface area contributed by atoms with E-state index in [0.717, 1.165) is 52.0 Å². The summed E-state index contributed by atoms with van der Waals surface area (Å²) in [6.45, 7) is 0. The number of carbonyl (C=O) groups is 1. The molecule has 29 heavy (non-hydrogen) atoms. The maximum atomic E-state index is 12.2. The summed E-state index contributed by atoms with van der Waals surface area (Å²) in [5.41, 5.74) is 2.60. The van der Waals surface area contributed by atoms with E-state index < -0.39 is 0 Å². The second kappa shape index (κ2) is 6.73. The lowest BCUT2D eigenvalue weighted by molar-refractivity contribution is -0.117. The maximum Gasteiger partial charge on any atom is 0.228 e. The first kappa shape index (κ1) is 17.4. The number of pyridine rings is 3. The molecular weight excluding hydrogens is 368 g/mol. The second-order valence-corrected chi connectivity index (χ2v) is 7.12. The van der Waals surface area contributed by atoms with Gasteiger partial charge in [-0.1, -0.05) is 0 Å². The van der Waals surface area contributed by atoms with Gasteiger partial charge in [-0.05, 0) is 37.1 Å². The van der Waals surface area contributed by atoms with E-state index in [2.05, 4.69) is 20.6 Å². The van der Waals surface area contributed by atoms with Gasteiger partial charge in [-0.25, -0.2) is 14.5 Å². The number of nitrogens with one attached hydrogen (secondary N) is 2. The topological polar surface area (TPSA) is 93.4 Å². The van der Waals surface area contributed by atoms with Crippen molar-refractivity contribution in [3.05, 3.63) is 42.9 Å². The number of carbonyl (C=O) groups excluding carboxylic acids is 1. The zero-order valence-corrected chi connectivity index (χ0v) is 16.1. The van der Waals surface area contributed by atoms with E-state index in [1.807, 2.05) is 37.5 Å². The number of methoxy groups -OCH3 is 1. The van der Waals surface area contributed by atoms with Crippen molar-refractivity contribution in [2.45, 2.75) is 12.8 Å². The van der Waals surface area contributed by atoms with Gasteiger partial charge in [0.2, 0.25) is 5.91 Å². The van der Waals surface area contributed by atoms with Crippen LogP contribution in [0.25, 0.3) is 27.5 Å². The molecule has 0 bridgehead atoms. The Morgan fingerprint density at radius 3 is 2.79 bits per heavy atom. The van der Waals surface area contributed by atoms with Crippen molar-refractivity contribution >= 4 is 33.8 Å². The van der Waals surface area contributed by atoms with E-state index >= 15 is 0 Å². The summed E-state index contributed by atoms with van der Waals surface area (Å²) in [5, 5.41) is 12.5. The van der Waals surface area contributed by atoms with Crippen LogP contribution < -0.4 is 15.4 Å². The van der Waals surface area contributed by atoms with Crippen molar-refractivity contribution in [3.63, 3.8) is 0 Å². The molecule has 146 valence electrons. The minimum Gasteiger partial charge on any atom is -0.495 e. The predicted octanol–water partition coefficient (Wildman–Crippen LogP) is 3.34. The summed E-state index contributed by atoms with van der Waals surface area (Å²) in [5.74, 6) is 2.14. The average Bonchev–Trinajstić information content (AvgIpc) is 3.51. The van der Waals surface area contributed by atoms with Gasteiger partial charge in [0.05, 0.1) is 24.5 Å². The maximum absolute atomic E-state index is 12.2. The van der Waals surface area contributed by atoms with Crippen LogP contribution in [0.3, 0.4) is 0 Å². The van der Waals surface area contributed by atoms with Crippen LogP contribution in [0.4, 0.5) is 11.6 Å². The molecule has 5 rings (SSSR count). The normalized spacial score (nSPS) is 13.6.